The molecule has 0 aromatic heterocycles. The first-order valence-electron chi connectivity index (χ1n) is 6.73. The maximum Gasteiger partial charge on any atom is 0.292 e. The zero-order chi connectivity index (χ0) is 14.8. The summed E-state index contributed by atoms with van der Waals surface area (Å²) in [5, 5.41) is 14.1. The van der Waals surface area contributed by atoms with E-state index in [0.717, 1.165) is 31.0 Å². The maximum absolute atomic E-state index is 11.1. The van der Waals surface area contributed by atoms with Crippen LogP contribution in [0.15, 0.2) is 18.2 Å². The Bertz CT molecular complexity index is 505. The van der Waals surface area contributed by atoms with Gasteiger partial charge in [-0.1, -0.05) is 12.1 Å². The van der Waals surface area contributed by atoms with E-state index >= 15 is 0 Å². The molecule has 1 N–H and O–H groups in total. The average molecular weight is 295 g/mol. The lowest BCUT2D eigenvalue weighted by atomic mass is 10.1. The third-order valence-corrected chi connectivity index (χ3v) is 4.77. The first kappa shape index (κ1) is 15.1. The van der Waals surface area contributed by atoms with E-state index in [9.17, 15) is 10.1 Å². The second-order valence-electron chi connectivity index (χ2n) is 5.64. The second kappa shape index (κ2) is 6.01. The Kier molecular flexibility index (Phi) is 4.55. The number of anilines is 1. The van der Waals surface area contributed by atoms with Crippen molar-refractivity contribution in [3.8, 4) is 0 Å². The Morgan fingerprint density at radius 1 is 1.50 bits per heavy atom. The van der Waals surface area contributed by atoms with E-state index in [4.69, 9.17) is 0 Å². The van der Waals surface area contributed by atoms with Crippen LogP contribution in [0, 0.1) is 10.1 Å². The molecule has 0 bridgehead atoms. The Morgan fingerprint density at radius 2 is 2.25 bits per heavy atom. The van der Waals surface area contributed by atoms with Gasteiger partial charge in [0, 0.05) is 43.2 Å². The van der Waals surface area contributed by atoms with Crippen LogP contribution in [0.1, 0.15) is 19.4 Å². The van der Waals surface area contributed by atoms with E-state index in [0.29, 0.717) is 5.69 Å². The van der Waals surface area contributed by atoms with Gasteiger partial charge in [-0.3, -0.25) is 15.0 Å². The molecule has 0 unspecified atom stereocenters. The molecule has 1 heterocycles. The number of hydrogen-bond acceptors (Lipinski definition) is 5. The Morgan fingerprint density at radius 3 is 2.85 bits per heavy atom. The van der Waals surface area contributed by atoms with E-state index in [2.05, 4.69) is 24.1 Å². The fourth-order valence-corrected chi connectivity index (χ4v) is 3.83. The smallest absolute Gasteiger partial charge is 0.292 e. The quantitative estimate of drug-likeness (QED) is 0.683. The predicted octanol–water partition coefficient (Wildman–Crippen LogP) is 2.96. The second-order valence-corrected chi connectivity index (χ2v) is 7.44. The van der Waals surface area contributed by atoms with Crippen molar-refractivity contribution in [2.24, 2.45) is 0 Å². The monoisotopic (exact) mass is 295 g/mol. The molecule has 2 rings (SSSR count). The normalized spacial score (nSPS) is 18.8. The zero-order valence-corrected chi connectivity index (χ0v) is 13.0. The molecule has 0 aliphatic carbocycles. The van der Waals surface area contributed by atoms with E-state index in [1.165, 1.54) is 0 Å². The van der Waals surface area contributed by atoms with Crippen LogP contribution in [0.25, 0.3) is 0 Å². The number of rotatable bonds is 4. The van der Waals surface area contributed by atoms with E-state index in [1.807, 2.05) is 17.8 Å². The summed E-state index contributed by atoms with van der Waals surface area (Å²) >= 11 is 1.99. The van der Waals surface area contributed by atoms with Crippen LogP contribution in [0.4, 0.5) is 11.4 Å². The fraction of sp³-hybridized carbons (Fsp3) is 0.571. The molecule has 6 heteroatoms. The molecule has 1 aliphatic rings. The van der Waals surface area contributed by atoms with Crippen molar-refractivity contribution in [2.45, 2.75) is 25.1 Å². The van der Waals surface area contributed by atoms with Crippen LogP contribution in [-0.4, -0.2) is 40.5 Å². The number of para-hydroxylation sites is 1. The highest BCUT2D eigenvalue weighted by Crippen LogP contribution is 2.33. The molecule has 20 heavy (non-hydrogen) atoms. The fourth-order valence-electron chi connectivity index (χ4n) is 2.65. The lowest BCUT2D eigenvalue weighted by Gasteiger charge is -2.37. The van der Waals surface area contributed by atoms with Gasteiger partial charge in [0.2, 0.25) is 0 Å². The van der Waals surface area contributed by atoms with Crippen molar-refractivity contribution >= 4 is 23.1 Å². The van der Waals surface area contributed by atoms with Crippen LogP contribution in [0.3, 0.4) is 0 Å². The minimum absolute atomic E-state index is 0.149. The number of nitrogens with one attached hydrogen (secondary N) is 1. The number of hydrogen-bond donors (Lipinski definition) is 1. The minimum atomic E-state index is -0.328. The number of nitrogens with zero attached hydrogens (tertiary/aromatic N) is 2. The van der Waals surface area contributed by atoms with Gasteiger partial charge in [0.05, 0.1) is 4.92 Å². The Hall–Kier alpha value is -1.27. The van der Waals surface area contributed by atoms with Gasteiger partial charge in [-0.15, -0.1) is 0 Å². The zero-order valence-electron chi connectivity index (χ0n) is 12.2. The molecule has 0 amide bonds. The molecule has 5 nitrogen and oxygen atoms in total. The minimum Gasteiger partial charge on any atom is -0.382 e. The molecule has 1 aromatic rings. The molecule has 1 saturated heterocycles. The summed E-state index contributed by atoms with van der Waals surface area (Å²) in [5.41, 5.74) is 1.77. The predicted molar refractivity (Wildman–Crippen MR) is 84.5 cm³/mol. The molecular weight excluding hydrogens is 274 g/mol. The number of nitro benzene ring substituents is 1. The highest BCUT2D eigenvalue weighted by molar-refractivity contribution is 8.00. The summed E-state index contributed by atoms with van der Waals surface area (Å²) in [6, 6.07) is 5.27. The van der Waals surface area contributed by atoms with Crippen molar-refractivity contribution < 1.29 is 4.92 Å². The van der Waals surface area contributed by atoms with Gasteiger partial charge in [0.15, 0.2) is 0 Å². The van der Waals surface area contributed by atoms with Crippen molar-refractivity contribution in [1.82, 2.24) is 4.90 Å². The van der Waals surface area contributed by atoms with Gasteiger partial charge in [0.25, 0.3) is 5.69 Å². The van der Waals surface area contributed by atoms with Crippen molar-refractivity contribution in [3.05, 3.63) is 33.9 Å². The van der Waals surface area contributed by atoms with Crippen LogP contribution < -0.4 is 5.32 Å². The SMILES string of the molecule is CNc1c(CN2CCSC(C)(C)C2)cccc1[N+](=O)[O-]. The lowest BCUT2D eigenvalue weighted by molar-refractivity contribution is -0.384. The summed E-state index contributed by atoms with van der Waals surface area (Å²) in [5.74, 6) is 1.11. The molecule has 0 atom stereocenters. The third kappa shape index (κ3) is 3.43. The lowest BCUT2D eigenvalue weighted by Crippen LogP contribution is -2.42. The number of nitro groups is 1. The van der Waals surface area contributed by atoms with Gasteiger partial charge in [-0.25, -0.2) is 0 Å². The summed E-state index contributed by atoms with van der Waals surface area (Å²) in [6.45, 7) is 7.28. The molecule has 110 valence electrons. The molecule has 0 saturated carbocycles. The molecule has 1 aromatic carbocycles. The van der Waals surface area contributed by atoms with Crippen LogP contribution in [0.5, 0.6) is 0 Å². The first-order valence-corrected chi connectivity index (χ1v) is 7.72. The average Bonchev–Trinajstić information content (AvgIpc) is 2.37. The van der Waals surface area contributed by atoms with Gasteiger partial charge in [-0.05, 0) is 19.4 Å². The summed E-state index contributed by atoms with van der Waals surface area (Å²) in [6.07, 6.45) is 0. The van der Waals surface area contributed by atoms with Gasteiger partial charge < -0.3 is 5.32 Å². The Balaban J connectivity index is 2.21. The molecule has 0 radical (unpaired) electrons. The standard InChI is InChI=1S/C14H21N3O2S/c1-14(2)10-16(7-8-20-14)9-11-5-4-6-12(17(18)19)13(11)15-3/h4-6,15H,7-10H2,1-3H3. The number of thioether (sulfide) groups is 1. The van der Waals surface area contributed by atoms with E-state index in [-0.39, 0.29) is 15.4 Å². The third-order valence-electron chi connectivity index (χ3n) is 3.47. The first-order chi connectivity index (χ1) is 9.43. The molecule has 1 aliphatic heterocycles. The van der Waals surface area contributed by atoms with Crippen molar-refractivity contribution in [2.75, 3.05) is 31.2 Å². The topological polar surface area (TPSA) is 58.4 Å². The van der Waals surface area contributed by atoms with Crippen LogP contribution in [-0.2, 0) is 6.54 Å². The van der Waals surface area contributed by atoms with Crippen molar-refractivity contribution in [3.63, 3.8) is 0 Å². The highest BCUT2D eigenvalue weighted by atomic mass is 32.2. The summed E-state index contributed by atoms with van der Waals surface area (Å²) < 4.78 is 0.249. The largest absolute Gasteiger partial charge is 0.382 e. The summed E-state index contributed by atoms with van der Waals surface area (Å²) in [4.78, 5) is 13.1. The van der Waals surface area contributed by atoms with E-state index in [1.54, 1.807) is 19.2 Å². The number of benzene rings is 1. The van der Waals surface area contributed by atoms with Gasteiger partial charge >= 0.3 is 0 Å². The maximum atomic E-state index is 11.1. The van der Waals surface area contributed by atoms with Crippen molar-refractivity contribution in [1.29, 1.82) is 0 Å². The molecule has 0 spiro atoms. The highest BCUT2D eigenvalue weighted by Gasteiger charge is 2.28. The molecular formula is C14H21N3O2S. The molecule has 1 fully saturated rings. The summed E-state index contributed by atoms with van der Waals surface area (Å²) in [7, 11) is 1.74. The van der Waals surface area contributed by atoms with Gasteiger partial charge in [-0.2, -0.15) is 11.8 Å². The van der Waals surface area contributed by atoms with Gasteiger partial charge in [0.1, 0.15) is 5.69 Å². The van der Waals surface area contributed by atoms with Crippen LogP contribution in [0.2, 0.25) is 0 Å². The van der Waals surface area contributed by atoms with E-state index < -0.39 is 0 Å². The Labute approximate surface area is 123 Å². The van der Waals surface area contributed by atoms with Crippen LogP contribution >= 0.6 is 11.8 Å².